The van der Waals surface area contributed by atoms with Crippen LogP contribution in [-0.4, -0.2) is 0 Å². The van der Waals surface area contributed by atoms with Crippen molar-refractivity contribution in [2.24, 2.45) is 22.7 Å². The molecule has 0 amide bonds. The van der Waals surface area contributed by atoms with E-state index in [1.54, 1.807) is 0 Å². The van der Waals surface area contributed by atoms with Crippen molar-refractivity contribution in [1.29, 1.82) is 0 Å². The van der Waals surface area contributed by atoms with Gasteiger partial charge in [0.1, 0.15) is 0 Å². The third-order valence-electron chi connectivity index (χ3n) is 3.40. The van der Waals surface area contributed by atoms with Crippen molar-refractivity contribution < 1.29 is 0 Å². The molecule has 0 heterocycles. The largest absolute Gasteiger partial charge is 0.0602 e. The van der Waals surface area contributed by atoms with E-state index in [2.05, 4.69) is 41.5 Å². The van der Waals surface area contributed by atoms with Crippen molar-refractivity contribution in [3.8, 4) is 0 Å². The highest BCUT2D eigenvalue weighted by molar-refractivity contribution is 4.84. The molecule has 0 unspecified atom stereocenters. The van der Waals surface area contributed by atoms with Gasteiger partial charge in [-0.2, -0.15) is 0 Å². The van der Waals surface area contributed by atoms with Crippen LogP contribution in [0, 0.1) is 22.7 Å². The molecule has 2 saturated carbocycles. The molecule has 0 aromatic heterocycles. The van der Waals surface area contributed by atoms with E-state index in [0.717, 1.165) is 11.8 Å². The molecule has 2 fully saturated rings. The summed E-state index contributed by atoms with van der Waals surface area (Å²) in [5.74, 6) is 2.14. The van der Waals surface area contributed by atoms with Crippen molar-refractivity contribution in [2.75, 3.05) is 0 Å². The molecule has 2 rings (SSSR count). The first-order chi connectivity index (χ1) is 6.68. The second kappa shape index (κ2) is 4.47. The zero-order chi connectivity index (χ0) is 11.7. The minimum atomic E-state index is 0.584. The molecule has 0 radical (unpaired) electrons. The Kier molecular flexibility index (Phi) is 3.90. The maximum absolute atomic E-state index is 2.32. The zero-order valence-electron chi connectivity index (χ0n) is 11.7. The van der Waals surface area contributed by atoms with Gasteiger partial charge in [-0.3, -0.25) is 0 Å². The maximum atomic E-state index is 2.32. The third kappa shape index (κ3) is 6.98. The van der Waals surface area contributed by atoms with Gasteiger partial charge in [0.15, 0.2) is 0 Å². The highest BCUT2D eigenvalue weighted by Gasteiger charge is 2.33. The van der Waals surface area contributed by atoms with Crippen LogP contribution in [0.5, 0.6) is 0 Å². The fraction of sp³-hybridized carbons (Fsp3) is 1.00. The van der Waals surface area contributed by atoms with E-state index in [1.807, 2.05) is 0 Å². The van der Waals surface area contributed by atoms with Crippen LogP contribution in [0.4, 0.5) is 0 Å². The molecular weight excluding hydrogens is 180 g/mol. The van der Waals surface area contributed by atoms with Crippen LogP contribution in [0.25, 0.3) is 0 Å². The van der Waals surface area contributed by atoms with Crippen molar-refractivity contribution in [3.63, 3.8) is 0 Å². The Balaban J connectivity index is 0.000000151. The molecule has 0 heteroatoms. The number of rotatable bonds is 1. The highest BCUT2D eigenvalue weighted by atomic mass is 14.4. The van der Waals surface area contributed by atoms with Crippen molar-refractivity contribution in [3.05, 3.63) is 0 Å². The van der Waals surface area contributed by atoms with E-state index in [1.165, 1.54) is 32.1 Å². The lowest BCUT2D eigenvalue weighted by molar-refractivity contribution is 0.351. The smallest absolute Gasteiger partial charge is 0.0354 e. The van der Waals surface area contributed by atoms with Crippen LogP contribution in [0.3, 0.4) is 0 Å². The van der Waals surface area contributed by atoms with Gasteiger partial charge in [-0.1, -0.05) is 54.4 Å². The second-order valence-corrected chi connectivity index (χ2v) is 7.85. The Morgan fingerprint density at radius 3 is 1.33 bits per heavy atom. The Morgan fingerprint density at radius 2 is 1.27 bits per heavy atom. The predicted octanol–water partition coefficient (Wildman–Crippen LogP) is 5.28. The number of hydrogen-bond acceptors (Lipinski definition) is 0. The standard InChI is InChI=1S/C8H16.C7H14/c1-8(2,3)6-7-4-5-7;1-7(2,3)6-4-5-6/h7H,4-6H2,1-3H3;6H,4-5H2,1-3H3. The average molecular weight is 210 g/mol. The molecule has 0 saturated heterocycles. The summed E-state index contributed by atoms with van der Waals surface area (Å²) in [4.78, 5) is 0. The molecule has 0 nitrogen and oxygen atoms in total. The zero-order valence-corrected chi connectivity index (χ0v) is 11.7. The highest BCUT2D eigenvalue weighted by Crippen LogP contribution is 2.44. The molecule has 0 spiro atoms. The SMILES string of the molecule is CC(C)(C)C1CC1.CC(C)(C)CC1CC1. The quantitative estimate of drug-likeness (QED) is 0.552. The van der Waals surface area contributed by atoms with Gasteiger partial charge in [-0.15, -0.1) is 0 Å². The molecule has 0 N–H and O–H groups in total. The molecule has 0 aliphatic heterocycles. The van der Waals surface area contributed by atoms with E-state index in [-0.39, 0.29) is 0 Å². The van der Waals surface area contributed by atoms with Crippen molar-refractivity contribution >= 4 is 0 Å². The average Bonchev–Trinajstić information content (AvgIpc) is 2.77. The van der Waals surface area contributed by atoms with Gasteiger partial charge in [-0.05, 0) is 41.9 Å². The van der Waals surface area contributed by atoms with E-state index in [4.69, 9.17) is 0 Å². The summed E-state index contributed by atoms with van der Waals surface area (Å²) in [5.41, 5.74) is 1.20. The normalized spacial score (nSPS) is 22.0. The van der Waals surface area contributed by atoms with E-state index < -0.39 is 0 Å². The first-order valence-electron chi connectivity index (χ1n) is 6.68. The molecular formula is C15H30. The van der Waals surface area contributed by atoms with E-state index in [0.29, 0.717) is 10.8 Å². The molecule has 0 aromatic carbocycles. The summed E-state index contributed by atoms with van der Waals surface area (Å²) in [5, 5.41) is 0. The molecule has 90 valence electrons. The van der Waals surface area contributed by atoms with Crippen molar-refractivity contribution in [2.45, 2.75) is 73.6 Å². The first-order valence-corrected chi connectivity index (χ1v) is 6.68. The first kappa shape index (κ1) is 13.1. The molecule has 2 aliphatic rings. The summed E-state index contributed by atoms with van der Waals surface area (Å²) in [6, 6.07) is 0. The Morgan fingerprint density at radius 1 is 0.800 bits per heavy atom. The molecule has 0 bridgehead atoms. The van der Waals surface area contributed by atoms with Crippen LogP contribution in [-0.2, 0) is 0 Å². The lowest BCUT2D eigenvalue weighted by Gasteiger charge is -2.16. The van der Waals surface area contributed by atoms with Gasteiger partial charge in [0, 0.05) is 0 Å². The van der Waals surface area contributed by atoms with Gasteiger partial charge >= 0.3 is 0 Å². The number of hydrogen-bond donors (Lipinski definition) is 0. The lowest BCUT2D eigenvalue weighted by atomic mass is 9.90. The van der Waals surface area contributed by atoms with E-state index in [9.17, 15) is 0 Å². The van der Waals surface area contributed by atoms with Gasteiger partial charge in [0.05, 0.1) is 0 Å². The van der Waals surface area contributed by atoms with Crippen LogP contribution in [0.1, 0.15) is 73.6 Å². The molecule has 15 heavy (non-hydrogen) atoms. The second-order valence-electron chi connectivity index (χ2n) is 7.85. The van der Waals surface area contributed by atoms with Crippen LogP contribution in [0.15, 0.2) is 0 Å². The summed E-state index contributed by atoms with van der Waals surface area (Å²) >= 11 is 0. The fourth-order valence-electron chi connectivity index (χ4n) is 2.14. The topological polar surface area (TPSA) is 0 Å². The summed E-state index contributed by atoms with van der Waals surface area (Å²) in [7, 11) is 0. The minimum Gasteiger partial charge on any atom is -0.0602 e. The summed E-state index contributed by atoms with van der Waals surface area (Å²) < 4.78 is 0. The molecule has 0 aromatic rings. The molecule has 2 aliphatic carbocycles. The third-order valence-corrected chi connectivity index (χ3v) is 3.40. The summed E-state index contributed by atoms with van der Waals surface area (Å²) in [6.45, 7) is 13.9. The van der Waals surface area contributed by atoms with Gasteiger partial charge in [-0.25, -0.2) is 0 Å². The maximum Gasteiger partial charge on any atom is -0.0354 e. The van der Waals surface area contributed by atoms with Crippen LogP contribution < -0.4 is 0 Å². The van der Waals surface area contributed by atoms with Crippen LogP contribution in [0.2, 0.25) is 0 Å². The van der Waals surface area contributed by atoms with Gasteiger partial charge in [0.25, 0.3) is 0 Å². The fourth-order valence-corrected chi connectivity index (χ4v) is 2.14. The van der Waals surface area contributed by atoms with E-state index >= 15 is 0 Å². The molecule has 0 atom stereocenters. The van der Waals surface area contributed by atoms with Crippen LogP contribution >= 0.6 is 0 Å². The minimum absolute atomic E-state index is 0.584. The Bertz CT molecular complexity index is 181. The monoisotopic (exact) mass is 210 g/mol. The van der Waals surface area contributed by atoms with Gasteiger partial charge < -0.3 is 0 Å². The lowest BCUT2D eigenvalue weighted by Crippen LogP contribution is -2.06. The Labute approximate surface area is 96.8 Å². The summed E-state index contributed by atoms with van der Waals surface area (Å²) in [6.07, 6.45) is 7.38. The predicted molar refractivity (Wildman–Crippen MR) is 69.0 cm³/mol. The van der Waals surface area contributed by atoms with Gasteiger partial charge in [0.2, 0.25) is 0 Å². The van der Waals surface area contributed by atoms with Crippen molar-refractivity contribution in [1.82, 2.24) is 0 Å². The Hall–Kier alpha value is 0.